The number of hydrogen-bond donors (Lipinski definition) is 0. The number of anilines is 3. The molecule has 2 aromatic heterocycles. The van der Waals surface area contributed by atoms with Crippen molar-refractivity contribution in [2.45, 2.75) is 0 Å². The molecular weight excluding hydrogens is 526 g/mol. The lowest BCUT2D eigenvalue weighted by Gasteiger charge is -2.26. The molecule has 0 aliphatic rings. The van der Waals surface area contributed by atoms with E-state index in [2.05, 4.69) is 132 Å². The van der Waals surface area contributed by atoms with Gasteiger partial charge in [-0.2, -0.15) is 0 Å². The lowest BCUT2D eigenvalue weighted by Crippen LogP contribution is -2.10. The number of fused-ring (bicyclic) bond motifs is 7. The van der Waals surface area contributed by atoms with E-state index in [9.17, 15) is 0 Å². The highest BCUT2D eigenvalue weighted by atomic mass is 16.3. The predicted octanol–water partition coefficient (Wildman–Crippen LogP) is 11.8. The van der Waals surface area contributed by atoms with E-state index in [1.807, 2.05) is 24.3 Å². The zero-order chi connectivity index (χ0) is 28.3. The van der Waals surface area contributed by atoms with E-state index in [4.69, 9.17) is 8.83 Å². The second-order valence-electron chi connectivity index (χ2n) is 11.0. The molecule has 0 N–H and O–H groups in total. The molecule has 3 heteroatoms. The summed E-state index contributed by atoms with van der Waals surface area (Å²) in [4.78, 5) is 2.30. The third-order valence-corrected chi connectivity index (χ3v) is 8.45. The van der Waals surface area contributed by atoms with Crippen molar-refractivity contribution in [2.75, 3.05) is 4.90 Å². The first-order valence-electron chi connectivity index (χ1n) is 14.5. The molecule has 9 rings (SSSR count). The van der Waals surface area contributed by atoms with Crippen molar-refractivity contribution in [3.05, 3.63) is 152 Å². The van der Waals surface area contributed by atoms with Crippen molar-refractivity contribution in [3.8, 4) is 11.1 Å². The third-order valence-electron chi connectivity index (χ3n) is 8.45. The SMILES string of the molecule is c1ccc2cc(N(c3ccc(-c4ccc5oc6ccccc6c5c4)cc3)c3cccc4c3oc3ccccc34)ccc2c1. The molecule has 202 valence electrons. The van der Waals surface area contributed by atoms with Gasteiger partial charge in [0.1, 0.15) is 16.7 Å². The highest BCUT2D eigenvalue weighted by molar-refractivity contribution is 6.10. The third kappa shape index (κ3) is 3.83. The molecule has 0 bridgehead atoms. The molecule has 2 heterocycles. The topological polar surface area (TPSA) is 29.5 Å². The number of nitrogens with zero attached hydrogens (tertiary/aromatic N) is 1. The fourth-order valence-corrected chi connectivity index (χ4v) is 6.36. The summed E-state index contributed by atoms with van der Waals surface area (Å²) in [6.45, 7) is 0. The van der Waals surface area contributed by atoms with Crippen LogP contribution in [-0.4, -0.2) is 0 Å². The van der Waals surface area contributed by atoms with Crippen LogP contribution < -0.4 is 4.90 Å². The molecule has 0 aliphatic heterocycles. The molecule has 9 aromatic rings. The van der Waals surface area contributed by atoms with Gasteiger partial charge in [0.05, 0.1) is 5.69 Å². The molecule has 3 nitrogen and oxygen atoms in total. The monoisotopic (exact) mass is 551 g/mol. The van der Waals surface area contributed by atoms with Crippen molar-refractivity contribution in [1.29, 1.82) is 0 Å². The maximum absolute atomic E-state index is 6.51. The van der Waals surface area contributed by atoms with Crippen molar-refractivity contribution in [1.82, 2.24) is 0 Å². The van der Waals surface area contributed by atoms with Gasteiger partial charge in [-0.15, -0.1) is 0 Å². The van der Waals surface area contributed by atoms with Crippen LogP contribution in [0.15, 0.2) is 160 Å². The maximum Gasteiger partial charge on any atom is 0.159 e. The van der Waals surface area contributed by atoms with E-state index in [0.717, 1.165) is 72.1 Å². The number of rotatable bonds is 4. The largest absolute Gasteiger partial charge is 0.456 e. The molecule has 0 amide bonds. The molecule has 0 spiro atoms. The van der Waals surface area contributed by atoms with Crippen LogP contribution >= 0.6 is 0 Å². The first kappa shape index (κ1) is 23.9. The van der Waals surface area contributed by atoms with Crippen LogP contribution in [-0.2, 0) is 0 Å². The second-order valence-corrected chi connectivity index (χ2v) is 11.0. The summed E-state index contributed by atoms with van der Waals surface area (Å²) in [7, 11) is 0. The summed E-state index contributed by atoms with van der Waals surface area (Å²) in [6, 6.07) is 53.2. The lowest BCUT2D eigenvalue weighted by molar-refractivity contribution is 0.668. The van der Waals surface area contributed by atoms with Crippen LogP contribution in [0.3, 0.4) is 0 Å². The van der Waals surface area contributed by atoms with E-state index in [1.54, 1.807) is 0 Å². The van der Waals surface area contributed by atoms with Crippen molar-refractivity contribution >= 4 is 71.7 Å². The molecule has 7 aromatic carbocycles. The summed E-state index contributed by atoms with van der Waals surface area (Å²) in [5, 5.41) is 6.90. The summed E-state index contributed by atoms with van der Waals surface area (Å²) in [6.07, 6.45) is 0. The Labute approximate surface area is 247 Å². The molecule has 0 fully saturated rings. The molecule has 0 atom stereocenters. The minimum absolute atomic E-state index is 0.873. The first-order chi connectivity index (χ1) is 21.3. The molecule has 43 heavy (non-hydrogen) atoms. The van der Waals surface area contributed by atoms with Crippen LogP contribution in [0, 0.1) is 0 Å². The van der Waals surface area contributed by atoms with Crippen LogP contribution in [0.25, 0.3) is 65.8 Å². The number of hydrogen-bond acceptors (Lipinski definition) is 3. The fourth-order valence-electron chi connectivity index (χ4n) is 6.36. The standard InChI is InChI=1S/C40H25NO2/c1-2-9-28-24-31(22-18-26(28)8-1)41(36-13-7-12-34-32-10-3-6-15-38(32)43-40(34)36)30-20-16-27(17-21-30)29-19-23-39-35(25-29)33-11-4-5-14-37(33)42-39/h1-25H. The Kier molecular flexibility index (Phi) is 5.20. The van der Waals surface area contributed by atoms with Gasteiger partial charge >= 0.3 is 0 Å². The first-order valence-corrected chi connectivity index (χ1v) is 14.5. The average molecular weight is 552 g/mol. The van der Waals surface area contributed by atoms with Gasteiger partial charge in [-0.05, 0) is 76.5 Å². The summed E-state index contributed by atoms with van der Waals surface area (Å²) < 4.78 is 12.6. The predicted molar refractivity (Wildman–Crippen MR) is 179 cm³/mol. The van der Waals surface area contributed by atoms with Crippen molar-refractivity contribution < 1.29 is 8.83 Å². The van der Waals surface area contributed by atoms with Crippen LogP contribution in [0.1, 0.15) is 0 Å². The van der Waals surface area contributed by atoms with Crippen molar-refractivity contribution in [3.63, 3.8) is 0 Å². The molecule has 0 aliphatic carbocycles. The summed E-state index contributed by atoms with van der Waals surface area (Å²) >= 11 is 0. The van der Waals surface area contributed by atoms with Gasteiger partial charge in [-0.3, -0.25) is 0 Å². The van der Waals surface area contributed by atoms with Gasteiger partial charge in [0.15, 0.2) is 5.58 Å². The average Bonchev–Trinajstić information content (AvgIpc) is 3.64. The Morgan fingerprint density at radius 1 is 0.372 bits per heavy atom. The summed E-state index contributed by atoms with van der Waals surface area (Å²) in [5.74, 6) is 0. The van der Waals surface area contributed by atoms with E-state index >= 15 is 0 Å². The number of benzene rings is 7. The van der Waals surface area contributed by atoms with Crippen LogP contribution in [0.4, 0.5) is 17.1 Å². The van der Waals surface area contributed by atoms with Crippen LogP contribution in [0.2, 0.25) is 0 Å². The Morgan fingerprint density at radius 2 is 1.00 bits per heavy atom. The zero-order valence-electron chi connectivity index (χ0n) is 23.2. The van der Waals surface area contributed by atoms with Crippen LogP contribution in [0.5, 0.6) is 0 Å². The Hall–Kier alpha value is -5.80. The molecule has 0 saturated carbocycles. The van der Waals surface area contributed by atoms with Gasteiger partial charge in [-0.1, -0.05) is 97.1 Å². The van der Waals surface area contributed by atoms with Gasteiger partial charge in [0, 0.05) is 32.9 Å². The number of para-hydroxylation sites is 3. The normalized spacial score (nSPS) is 11.7. The van der Waals surface area contributed by atoms with Gasteiger partial charge in [0.2, 0.25) is 0 Å². The maximum atomic E-state index is 6.51. The molecule has 0 saturated heterocycles. The van der Waals surface area contributed by atoms with E-state index in [-0.39, 0.29) is 0 Å². The van der Waals surface area contributed by atoms with Crippen molar-refractivity contribution in [2.24, 2.45) is 0 Å². The Morgan fingerprint density at radius 3 is 1.84 bits per heavy atom. The Balaban J connectivity index is 1.21. The summed E-state index contributed by atoms with van der Waals surface area (Å²) in [5.41, 5.74) is 9.02. The van der Waals surface area contributed by atoms with Gasteiger partial charge in [-0.25, -0.2) is 0 Å². The zero-order valence-corrected chi connectivity index (χ0v) is 23.2. The van der Waals surface area contributed by atoms with E-state index < -0.39 is 0 Å². The molecular formula is C40H25NO2. The van der Waals surface area contributed by atoms with Gasteiger partial charge < -0.3 is 13.7 Å². The molecule has 0 unspecified atom stereocenters. The minimum Gasteiger partial charge on any atom is -0.456 e. The minimum atomic E-state index is 0.873. The highest BCUT2D eigenvalue weighted by Crippen LogP contribution is 2.43. The van der Waals surface area contributed by atoms with E-state index in [1.165, 1.54) is 10.8 Å². The molecule has 0 radical (unpaired) electrons. The smallest absolute Gasteiger partial charge is 0.159 e. The number of furan rings is 2. The fraction of sp³-hybridized carbons (Fsp3) is 0. The lowest BCUT2D eigenvalue weighted by atomic mass is 10.0. The van der Waals surface area contributed by atoms with Gasteiger partial charge in [0.25, 0.3) is 0 Å². The highest BCUT2D eigenvalue weighted by Gasteiger charge is 2.19. The Bertz CT molecular complexity index is 2460. The van der Waals surface area contributed by atoms with E-state index in [0.29, 0.717) is 0 Å². The quantitative estimate of drug-likeness (QED) is 0.218. The second kappa shape index (κ2) is 9.37.